The maximum atomic E-state index is 12.2. The van der Waals surface area contributed by atoms with E-state index < -0.39 is 5.54 Å². The second kappa shape index (κ2) is 6.44. The van der Waals surface area contributed by atoms with Crippen molar-refractivity contribution in [2.75, 3.05) is 20.7 Å². The van der Waals surface area contributed by atoms with Crippen LogP contribution in [0.5, 0.6) is 0 Å². The predicted octanol–water partition coefficient (Wildman–Crippen LogP) is 2.43. The van der Waals surface area contributed by atoms with Crippen molar-refractivity contribution in [2.45, 2.75) is 71.5 Å². The third-order valence-corrected chi connectivity index (χ3v) is 5.02. The molecule has 0 heterocycles. The molecule has 4 heteroatoms. The van der Waals surface area contributed by atoms with Crippen LogP contribution in [-0.4, -0.2) is 49.2 Å². The van der Waals surface area contributed by atoms with Crippen LogP contribution in [-0.2, 0) is 9.53 Å². The van der Waals surface area contributed by atoms with Gasteiger partial charge in [0.05, 0.1) is 7.11 Å². The second-order valence-corrected chi connectivity index (χ2v) is 7.21. The lowest BCUT2D eigenvalue weighted by atomic mass is 9.86. The largest absolute Gasteiger partial charge is 0.468 e. The number of hydrogen-bond donors (Lipinski definition) is 1. The summed E-state index contributed by atoms with van der Waals surface area (Å²) in [5, 5.41) is 3.37. The molecule has 118 valence electrons. The maximum Gasteiger partial charge on any atom is 0.326 e. The molecule has 0 saturated heterocycles. The fourth-order valence-electron chi connectivity index (χ4n) is 3.25. The summed E-state index contributed by atoms with van der Waals surface area (Å²) in [6, 6.07) is 0.907. The van der Waals surface area contributed by atoms with Crippen LogP contribution >= 0.6 is 0 Å². The molecule has 1 aliphatic carbocycles. The molecule has 0 aromatic heterocycles. The first-order chi connectivity index (χ1) is 9.18. The van der Waals surface area contributed by atoms with Gasteiger partial charge in [0.25, 0.3) is 0 Å². The minimum absolute atomic E-state index is 0.112. The zero-order chi connectivity index (χ0) is 15.6. The number of esters is 1. The Kier molecular flexibility index (Phi) is 5.61. The van der Waals surface area contributed by atoms with Gasteiger partial charge >= 0.3 is 5.97 Å². The van der Waals surface area contributed by atoms with E-state index in [4.69, 9.17) is 4.74 Å². The summed E-state index contributed by atoms with van der Waals surface area (Å²) in [6.45, 7) is 11.9. The Balaban J connectivity index is 2.81. The highest BCUT2D eigenvalue weighted by molar-refractivity contribution is 5.81. The van der Waals surface area contributed by atoms with Crippen molar-refractivity contribution in [1.82, 2.24) is 10.2 Å². The van der Waals surface area contributed by atoms with E-state index in [0.717, 1.165) is 25.8 Å². The summed E-state index contributed by atoms with van der Waals surface area (Å²) in [5.74, 6) is -0.112. The Morgan fingerprint density at radius 1 is 1.50 bits per heavy atom. The molecule has 20 heavy (non-hydrogen) atoms. The number of carbonyl (C=O) groups excluding carboxylic acids is 1. The van der Waals surface area contributed by atoms with Crippen molar-refractivity contribution in [3.05, 3.63) is 0 Å². The number of ether oxygens (including phenoxy) is 1. The maximum absolute atomic E-state index is 12.2. The van der Waals surface area contributed by atoms with Gasteiger partial charge in [-0.1, -0.05) is 27.7 Å². The Bertz CT molecular complexity index is 338. The highest BCUT2D eigenvalue weighted by atomic mass is 16.5. The van der Waals surface area contributed by atoms with Crippen molar-refractivity contribution < 1.29 is 9.53 Å². The van der Waals surface area contributed by atoms with E-state index in [1.54, 1.807) is 0 Å². The Hall–Kier alpha value is -0.610. The topological polar surface area (TPSA) is 41.6 Å². The molecule has 0 aromatic carbocycles. The minimum Gasteiger partial charge on any atom is -0.468 e. The zero-order valence-corrected chi connectivity index (χ0v) is 14.2. The van der Waals surface area contributed by atoms with Gasteiger partial charge in [-0.15, -0.1) is 0 Å². The third-order valence-electron chi connectivity index (χ3n) is 5.02. The van der Waals surface area contributed by atoms with Gasteiger partial charge in [-0.2, -0.15) is 0 Å². The predicted molar refractivity (Wildman–Crippen MR) is 82.7 cm³/mol. The molecular formula is C16H32N2O2. The van der Waals surface area contributed by atoms with E-state index in [9.17, 15) is 4.79 Å². The minimum atomic E-state index is -0.486. The van der Waals surface area contributed by atoms with Crippen molar-refractivity contribution in [1.29, 1.82) is 0 Å². The number of nitrogens with zero attached hydrogens (tertiary/aromatic N) is 1. The monoisotopic (exact) mass is 284 g/mol. The lowest BCUT2D eigenvalue weighted by Crippen LogP contribution is -2.52. The first kappa shape index (κ1) is 17.4. The summed E-state index contributed by atoms with van der Waals surface area (Å²) in [4.78, 5) is 14.6. The summed E-state index contributed by atoms with van der Waals surface area (Å²) >= 11 is 0. The van der Waals surface area contributed by atoms with E-state index in [1.165, 1.54) is 7.11 Å². The van der Waals surface area contributed by atoms with E-state index in [2.05, 4.69) is 45.0 Å². The fraction of sp³-hybridized carbons (Fsp3) is 0.938. The van der Waals surface area contributed by atoms with Gasteiger partial charge in [0.2, 0.25) is 0 Å². The molecular weight excluding hydrogens is 252 g/mol. The van der Waals surface area contributed by atoms with Gasteiger partial charge in [0, 0.05) is 12.1 Å². The van der Waals surface area contributed by atoms with Crippen LogP contribution in [0.3, 0.4) is 0 Å². The first-order valence-electron chi connectivity index (χ1n) is 7.73. The molecule has 0 aliphatic heterocycles. The average molecular weight is 284 g/mol. The van der Waals surface area contributed by atoms with Gasteiger partial charge in [0.15, 0.2) is 0 Å². The van der Waals surface area contributed by atoms with E-state index in [-0.39, 0.29) is 11.4 Å². The Morgan fingerprint density at radius 3 is 2.55 bits per heavy atom. The molecule has 0 radical (unpaired) electrons. The average Bonchev–Trinajstić information content (AvgIpc) is 2.81. The summed E-state index contributed by atoms with van der Waals surface area (Å²) in [5.41, 5.74) is -0.247. The van der Waals surface area contributed by atoms with Gasteiger partial charge < -0.3 is 15.0 Å². The quantitative estimate of drug-likeness (QED) is 0.787. The van der Waals surface area contributed by atoms with Gasteiger partial charge in [0.1, 0.15) is 5.54 Å². The number of likely N-dealkylation sites (N-methyl/N-ethyl adjacent to an activating group) is 1. The van der Waals surface area contributed by atoms with Crippen molar-refractivity contribution in [2.24, 2.45) is 5.41 Å². The van der Waals surface area contributed by atoms with Crippen molar-refractivity contribution in [3.8, 4) is 0 Å². The summed E-state index contributed by atoms with van der Waals surface area (Å²) in [7, 11) is 3.66. The second-order valence-electron chi connectivity index (χ2n) is 7.21. The molecule has 0 spiro atoms. The van der Waals surface area contributed by atoms with E-state index in [0.29, 0.717) is 12.1 Å². The Morgan fingerprint density at radius 2 is 2.10 bits per heavy atom. The molecule has 0 aromatic rings. The van der Waals surface area contributed by atoms with Crippen LogP contribution in [0.2, 0.25) is 0 Å². The molecule has 1 rings (SSSR count). The van der Waals surface area contributed by atoms with Crippen molar-refractivity contribution >= 4 is 5.97 Å². The highest BCUT2D eigenvalue weighted by Gasteiger charge is 2.47. The van der Waals surface area contributed by atoms with E-state index >= 15 is 0 Å². The number of rotatable bonds is 5. The third kappa shape index (κ3) is 3.53. The number of carbonyl (C=O) groups is 1. The number of hydrogen-bond acceptors (Lipinski definition) is 4. The summed E-state index contributed by atoms with van der Waals surface area (Å²) < 4.78 is 5.03. The van der Waals surface area contributed by atoms with Gasteiger partial charge in [-0.25, -0.2) is 0 Å². The fourth-order valence-corrected chi connectivity index (χ4v) is 3.25. The van der Waals surface area contributed by atoms with Crippen molar-refractivity contribution in [3.63, 3.8) is 0 Å². The smallest absolute Gasteiger partial charge is 0.326 e. The SMILES string of the molecule is CCNC1(C(=O)OC)CCC(N(C)C(C)C(C)(C)C)C1. The standard InChI is InChI=1S/C16H32N2O2/c1-8-17-16(14(19)20-7)10-9-13(11-16)18(6)12(2)15(3,4)5/h12-13,17H,8-11H2,1-7H3. The van der Waals surface area contributed by atoms with Crippen LogP contribution < -0.4 is 5.32 Å². The highest BCUT2D eigenvalue weighted by Crippen LogP contribution is 2.36. The molecule has 4 nitrogen and oxygen atoms in total. The van der Waals surface area contributed by atoms with Gasteiger partial charge in [-0.05, 0) is 45.2 Å². The van der Waals surface area contributed by atoms with E-state index in [1.807, 2.05) is 6.92 Å². The molecule has 3 atom stereocenters. The Labute approximate surface area is 124 Å². The molecule has 0 amide bonds. The van der Waals surface area contributed by atoms with Crippen LogP contribution in [0.15, 0.2) is 0 Å². The molecule has 0 bridgehead atoms. The molecule has 1 aliphatic rings. The van der Waals surface area contributed by atoms with Crippen LogP contribution in [0.4, 0.5) is 0 Å². The first-order valence-corrected chi connectivity index (χ1v) is 7.73. The molecule has 3 unspecified atom stereocenters. The molecule has 1 fully saturated rings. The van der Waals surface area contributed by atoms with Crippen LogP contribution in [0.1, 0.15) is 53.9 Å². The van der Waals surface area contributed by atoms with Gasteiger partial charge in [-0.3, -0.25) is 4.79 Å². The summed E-state index contributed by atoms with van der Waals surface area (Å²) in [6.07, 6.45) is 2.74. The molecule has 1 saturated carbocycles. The lowest BCUT2D eigenvalue weighted by Gasteiger charge is -2.39. The lowest BCUT2D eigenvalue weighted by molar-refractivity contribution is -0.148. The van der Waals surface area contributed by atoms with Crippen LogP contribution in [0, 0.1) is 5.41 Å². The van der Waals surface area contributed by atoms with Crippen LogP contribution in [0.25, 0.3) is 0 Å². The zero-order valence-electron chi connectivity index (χ0n) is 14.2. The molecule has 1 N–H and O–H groups in total. The number of nitrogens with one attached hydrogen (secondary N) is 1. The number of methoxy groups -OCH3 is 1. The normalized spacial score (nSPS) is 28.7.